The summed E-state index contributed by atoms with van der Waals surface area (Å²) in [6.45, 7) is 1.90. The lowest BCUT2D eigenvalue weighted by Crippen LogP contribution is -2.16. The minimum Gasteiger partial charge on any atom is -0.493 e. The summed E-state index contributed by atoms with van der Waals surface area (Å²) >= 11 is 0. The largest absolute Gasteiger partial charge is 0.493 e. The molecule has 0 unspecified atom stereocenters. The summed E-state index contributed by atoms with van der Waals surface area (Å²) in [4.78, 5) is 4.30. The van der Waals surface area contributed by atoms with Gasteiger partial charge in [-0.15, -0.1) is 0 Å². The molecule has 108 valence electrons. The van der Waals surface area contributed by atoms with E-state index in [4.69, 9.17) is 14.6 Å². The zero-order valence-electron chi connectivity index (χ0n) is 11.8. The Morgan fingerprint density at radius 1 is 1.16 bits per heavy atom. The van der Waals surface area contributed by atoms with Gasteiger partial charge in [0, 0.05) is 25.4 Å². The molecule has 0 fully saturated rings. The van der Waals surface area contributed by atoms with Crippen LogP contribution in [-0.4, -0.2) is 37.5 Å². The van der Waals surface area contributed by atoms with Gasteiger partial charge in [0.15, 0.2) is 11.5 Å². The first-order valence-corrected chi connectivity index (χ1v) is 6.71. The second kappa shape index (κ2) is 9.58. The molecule has 0 saturated heterocycles. The highest BCUT2D eigenvalue weighted by atomic mass is 16.5. The fraction of sp³-hybridized carbons (Fsp3) is 0.643. The van der Waals surface area contributed by atoms with E-state index in [0.717, 1.165) is 37.9 Å². The number of ether oxygens (including phenoxy) is 2. The van der Waals surface area contributed by atoms with Crippen molar-refractivity contribution in [3.63, 3.8) is 0 Å². The molecule has 19 heavy (non-hydrogen) atoms. The second-order valence-corrected chi connectivity index (χ2v) is 4.31. The van der Waals surface area contributed by atoms with Gasteiger partial charge in [0.25, 0.3) is 0 Å². The average Bonchev–Trinajstić information content (AvgIpc) is 2.45. The number of nitrogens with zero attached hydrogens (tertiary/aromatic N) is 1. The van der Waals surface area contributed by atoms with Crippen molar-refractivity contribution in [2.24, 2.45) is 0 Å². The number of pyridine rings is 1. The minimum absolute atomic E-state index is 0.290. The maximum absolute atomic E-state index is 8.68. The van der Waals surface area contributed by atoms with E-state index in [1.165, 1.54) is 0 Å². The highest BCUT2D eigenvalue weighted by Gasteiger charge is 2.09. The van der Waals surface area contributed by atoms with E-state index in [1.54, 1.807) is 26.5 Å². The second-order valence-electron chi connectivity index (χ2n) is 4.31. The van der Waals surface area contributed by atoms with Crippen LogP contribution in [0.4, 0.5) is 0 Å². The van der Waals surface area contributed by atoms with E-state index in [2.05, 4.69) is 10.3 Å². The first kappa shape index (κ1) is 15.7. The number of hydrogen-bond acceptors (Lipinski definition) is 5. The molecule has 1 aromatic heterocycles. The van der Waals surface area contributed by atoms with Gasteiger partial charge in [-0.1, -0.05) is 12.8 Å². The molecular formula is C14H24N2O3. The van der Waals surface area contributed by atoms with E-state index in [0.29, 0.717) is 24.7 Å². The van der Waals surface area contributed by atoms with Crippen LogP contribution in [0, 0.1) is 0 Å². The highest BCUT2D eigenvalue weighted by molar-refractivity contribution is 5.42. The molecule has 2 N–H and O–H groups in total. The van der Waals surface area contributed by atoms with Gasteiger partial charge in [-0.05, 0) is 19.4 Å². The summed E-state index contributed by atoms with van der Waals surface area (Å²) in [7, 11) is 3.24. The summed E-state index contributed by atoms with van der Waals surface area (Å²) in [5.74, 6) is 1.40. The number of aromatic nitrogens is 1. The van der Waals surface area contributed by atoms with Gasteiger partial charge in [-0.3, -0.25) is 4.98 Å². The van der Waals surface area contributed by atoms with E-state index >= 15 is 0 Å². The van der Waals surface area contributed by atoms with Crippen LogP contribution in [0.25, 0.3) is 0 Å². The molecule has 1 rings (SSSR count). The summed E-state index contributed by atoms with van der Waals surface area (Å²) < 4.78 is 10.6. The molecule has 5 nitrogen and oxygen atoms in total. The maximum Gasteiger partial charge on any atom is 0.183 e. The van der Waals surface area contributed by atoms with Gasteiger partial charge in [0.05, 0.1) is 19.9 Å². The van der Waals surface area contributed by atoms with Crippen molar-refractivity contribution in [1.29, 1.82) is 0 Å². The van der Waals surface area contributed by atoms with Crippen molar-refractivity contribution in [1.82, 2.24) is 10.3 Å². The van der Waals surface area contributed by atoms with E-state index < -0.39 is 0 Å². The molecule has 0 aromatic carbocycles. The van der Waals surface area contributed by atoms with Gasteiger partial charge < -0.3 is 19.9 Å². The SMILES string of the molecule is COc1ccnc(CNCCCCCCO)c1OC. The van der Waals surface area contributed by atoms with Crippen LogP contribution >= 0.6 is 0 Å². The fourth-order valence-electron chi connectivity index (χ4n) is 1.90. The normalized spacial score (nSPS) is 10.5. The van der Waals surface area contributed by atoms with Crippen molar-refractivity contribution >= 4 is 0 Å². The smallest absolute Gasteiger partial charge is 0.183 e. The Kier molecular flexibility index (Phi) is 7.93. The minimum atomic E-state index is 0.290. The third-order valence-corrected chi connectivity index (χ3v) is 2.92. The van der Waals surface area contributed by atoms with Crippen LogP contribution in [0.2, 0.25) is 0 Å². The molecule has 0 aliphatic rings. The first-order chi connectivity index (χ1) is 9.33. The van der Waals surface area contributed by atoms with Gasteiger partial charge in [0.2, 0.25) is 0 Å². The number of methoxy groups -OCH3 is 2. The molecule has 0 radical (unpaired) electrons. The number of hydrogen-bond donors (Lipinski definition) is 2. The molecule has 0 aliphatic heterocycles. The Hall–Kier alpha value is -1.33. The van der Waals surface area contributed by atoms with Gasteiger partial charge >= 0.3 is 0 Å². The molecule has 5 heteroatoms. The van der Waals surface area contributed by atoms with Crippen molar-refractivity contribution in [2.45, 2.75) is 32.2 Å². The number of unbranched alkanes of at least 4 members (excludes halogenated alkanes) is 3. The summed E-state index contributed by atoms with van der Waals surface area (Å²) in [6.07, 6.45) is 5.94. The number of nitrogens with one attached hydrogen (secondary N) is 1. The lowest BCUT2D eigenvalue weighted by Gasteiger charge is -2.12. The molecule has 0 atom stereocenters. The zero-order chi connectivity index (χ0) is 13.9. The molecule has 0 saturated carbocycles. The Morgan fingerprint density at radius 2 is 1.95 bits per heavy atom. The lowest BCUT2D eigenvalue weighted by molar-refractivity contribution is 0.282. The Balaban J connectivity index is 2.33. The quantitative estimate of drug-likeness (QED) is 0.633. The van der Waals surface area contributed by atoms with Crippen LogP contribution in [0.5, 0.6) is 11.5 Å². The third-order valence-electron chi connectivity index (χ3n) is 2.92. The predicted octanol–water partition coefficient (Wildman–Crippen LogP) is 1.74. The molecular weight excluding hydrogens is 244 g/mol. The highest BCUT2D eigenvalue weighted by Crippen LogP contribution is 2.28. The first-order valence-electron chi connectivity index (χ1n) is 6.71. The number of aliphatic hydroxyl groups excluding tert-OH is 1. The van der Waals surface area contributed by atoms with Gasteiger partial charge in [0.1, 0.15) is 0 Å². The average molecular weight is 268 g/mol. The van der Waals surface area contributed by atoms with Crippen molar-refractivity contribution < 1.29 is 14.6 Å². The standard InChI is InChI=1S/C14H24N2O3/c1-18-13-7-9-16-12(14(13)19-2)11-15-8-5-3-4-6-10-17/h7,9,15,17H,3-6,8,10-11H2,1-2H3. The Morgan fingerprint density at radius 3 is 2.63 bits per heavy atom. The van der Waals surface area contributed by atoms with Crippen LogP contribution in [-0.2, 0) is 6.54 Å². The van der Waals surface area contributed by atoms with Crippen LogP contribution in [0.3, 0.4) is 0 Å². The predicted molar refractivity (Wildman–Crippen MR) is 74.6 cm³/mol. The molecule has 0 bridgehead atoms. The van der Waals surface area contributed by atoms with Crippen molar-refractivity contribution in [3.05, 3.63) is 18.0 Å². The molecule has 0 amide bonds. The monoisotopic (exact) mass is 268 g/mol. The summed E-state index contributed by atoms with van der Waals surface area (Å²) in [6, 6.07) is 1.79. The Labute approximate surface area is 115 Å². The summed E-state index contributed by atoms with van der Waals surface area (Å²) in [5.41, 5.74) is 0.859. The van der Waals surface area contributed by atoms with Crippen molar-refractivity contribution in [3.8, 4) is 11.5 Å². The Bertz CT molecular complexity index is 359. The van der Waals surface area contributed by atoms with Crippen LogP contribution in [0.15, 0.2) is 12.3 Å². The van der Waals surface area contributed by atoms with E-state index in [1.807, 2.05) is 0 Å². The van der Waals surface area contributed by atoms with E-state index in [9.17, 15) is 0 Å². The third kappa shape index (κ3) is 5.44. The van der Waals surface area contributed by atoms with Gasteiger partial charge in [-0.2, -0.15) is 0 Å². The number of rotatable bonds is 10. The fourth-order valence-corrected chi connectivity index (χ4v) is 1.90. The lowest BCUT2D eigenvalue weighted by atomic mass is 10.2. The van der Waals surface area contributed by atoms with Crippen LogP contribution < -0.4 is 14.8 Å². The summed E-state index contributed by atoms with van der Waals surface area (Å²) in [5, 5.41) is 12.0. The molecule has 0 aliphatic carbocycles. The zero-order valence-corrected chi connectivity index (χ0v) is 11.8. The maximum atomic E-state index is 8.68. The van der Waals surface area contributed by atoms with E-state index in [-0.39, 0.29) is 0 Å². The molecule has 1 heterocycles. The van der Waals surface area contributed by atoms with Crippen LogP contribution in [0.1, 0.15) is 31.4 Å². The van der Waals surface area contributed by atoms with Crippen molar-refractivity contribution in [2.75, 3.05) is 27.4 Å². The number of aliphatic hydroxyl groups is 1. The topological polar surface area (TPSA) is 63.6 Å². The van der Waals surface area contributed by atoms with Gasteiger partial charge in [-0.25, -0.2) is 0 Å². The molecule has 1 aromatic rings. The molecule has 0 spiro atoms.